The summed E-state index contributed by atoms with van der Waals surface area (Å²) in [6.07, 6.45) is 1.74. The van der Waals surface area contributed by atoms with Gasteiger partial charge in [-0.1, -0.05) is 26.0 Å². The topological polar surface area (TPSA) is 42.0 Å². The molecule has 2 aromatic rings. The van der Waals surface area contributed by atoms with E-state index in [1.54, 1.807) is 6.20 Å². The lowest BCUT2D eigenvalue weighted by Crippen LogP contribution is -2.14. The van der Waals surface area contributed by atoms with Crippen LogP contribution in [0.5, 0.6) is 0 Å². The first kappa shape index (κ1) is 15.0. The minimum atomic E-state index is -0.128. The number of hydrogen-bond donors (Lipinski definition) is 1. The Kier molecular flexibility index (Phi) is 4.75. The summed E-state index contributed by atoms with van der Waals surface area (Å²) in [4.78, 5) is 16.4. The molecule has 0 aliphatic heterocycles. The monoisotopic (exact) mass is 380 g/mol. The number of nitrogens with zero attached hydrogens (tertiary/aromatic N) is 1. The molecule has 0 fully saturated rings. The van der Waals surface area contributed by atoms with Crippen molar-refractivity contribution in [2.75, 3.05) is 5.32 Å². The predicted molar refractivity (Wildman–Crippen MR) is 90.2 cm³/mol. The predicted octanol–water partition coefficient (Wildman–Crippen LogP) is 4.37. The number of amides is 1. The Balaban J connectivity index is 2.15. The second-order valence-corrected chi connectivity index (χ2v) is 6.30. The first-order valence-electron chi connectivity index (χ1n) is 6.51. The van der Waals surface area contributed by atoms with Gasteiger partial charge in [-0.3, -0.25) is 4.79 Å². The quantitative estimate of drug-likeness (QED) is 0.804. The highest BCUT2D eigenvalue weighted by molar-refractivity contribution is 14.1. The largest absolute Gasteiger partial charge is 0.306 e. The molecule has 2 rings (SSSR count). The number of aromatic nitrogens is 1. The molecular formula is C16H17IN2O. The second-order valence-electron chi connectivity index (χ2n) is 5.05. The van der Waals surface area contributed by atoms with Crippen LogP contribution in [0.15, 0.2) is 36.5 Å². The third kappa shape index (κ3) is 3.56. The van der Waals surface area contributed by atoms with Crippen molar-refractivity contribution in [1.82, 2.24) is 4.98 Å². The SMILES string of the molecule is Cc1cc(I)cnc1NC(=O)c1ccc(C(C)C)cc1. The molecule has 1 amide bonds. The van der Waals surface area contributed by atoms with E-state index in [1.807, 2.05) is 37.3 Å². The van der Waals surface area contributed by atoms with Crippen LogP contribution in [0.1, 0.15) is 41.3 Å². The maximum atomic E-state index is 12.2. The average molecular weight is 380 g/mol. The molecule has 0 atom stereocenters. The van der Waals surface area contributed by atoms with Gasteiger partial charge in [0, 0.05) is 15.3 Å². The van der Waals surface area contributed by atoms with Crippen molar-refractivity contribution in [3.63, 3.8) is 0 Å². The normalized spacial score (nSPS) is 10.7. The molecule has 1 N–H and O–H groups in total. The third-order valence-electron chi connectivity index (χ3n) is 3.12. The number of aryl methyl sites for hydroxylation is 1. The molecule has 0 aliphatic carbocycles. The molecule has 1 aromatic carbocycles. The van der Waals surface area contributed by atoms with Crippen LogP contribution in [-0.4, -0.2) is 10.9 Å². The number of pyridine rings is 1. The summed E-state index contributed by atoms with van der Waals surface area (Å²) in [5.74, 6) is 0.952. The first-order valence-corrected chi connectivity index (χ1v) is 7.58. The maximum absolute atomic E-state index is 12.2. The molecule has 0 bridgehead atoms. The van der Waals surface area contributed by atoms with E-state index in [2.05, 4.69) is 46.7 Å². The highest BCUT2D eigenvalue weighted by Crippen LogP contribution is 2.17. The maximum Gasteiger partial charge on any atom is 0.256 e. The van der Waals surface area contributed by atoms with Gasteiger partial charge in [0.2, 0.25) is 0 Å². The van der Waals surface area contributed by atoms with Gasteiger partial charge in [-0.05, 0) is 64.8 Å². The van der Waals surface area contributed by atoms with Crippen molar-refractivity contribution >= 4 is 34.3 Å². The molecular weight excluding hydrogens is 363 g/mol. The summed E-state index contributed by atoms with van der Waals surface area (Å²) in [5, 5.41) is 2.85. The Hall–Kier alpha value is -1.43. The Bertz CT molecular complexity index is 621. The summed E-state index contributed by atoms with van der Waals surface area (Å²) in [7, 11) is 0. The van der Waals surface area contributed by atoms with Gasteiger partial charge in [-0.2, -0.15) is 0 Å². The van der Waals surface area contributed by atoms with Crippen LogP contribution in [0.25, 0.3) is 0 Å². The Morgan fingerprint density at radius 3 is 2.45 bits per heavy atom. The summed E-state index contributed by atoms with van der Waals surface area (Å²) < 4.78 is 1.05. The standard InChI is InChI=1S/C16H17IN2O/c1-10(2)12-4-6-13(7-5-12)16(20)19-15-11(3)8-14(17)9-18-15/h4-10H,1-3H3,(H,18,19,20). The molecule has 0 unspecified atom stereocenters. The zero-order valence-electron chi connectivity index (χ0n) is 11.8. The highest BCUT2D eigenvalue weighted by Gasteiger charge is 2.09. The van der Waals surface area contributed by atoms with Gasteiger partial charge in [-0.25, -0.2) is 4.98 Å². The van der Waals surface area contributed by atoms with Crippen LogP contribution in [-0.2, 0) is 0 Å². The van der Waals surface area contributed by atoms with Crippen LogP contribution in [0.3, 0.4) is 0 Å². The number of anilines is 1. The van der Waals surface area contributed by atoms with Gasteiger partial charge >= 0.3 is 0 Å². The van der Waals surface area contributed by atoms with E-state index in [-0.39, 0.29) is 5.91 Å². The molecule has 4 heteroatoms. The van der Waals surface area contributed by atoms with E-state index >= 15 is 0 Å². The molecule has 0 saturated carbocycles. The first-order chi connectivity index (χ1) is 9.47. The van der Waals surface area contributed by atoms with E-state index in [9.17, 15) is 4.79 Å². The Labute approximate surface area is 133 Å². The number of nitrogens with one attached hydrogen (secondary N) is 1. The van der Waals surface area contributed by atoms with Crippen LogP contribution < -0.4 is 5.32 Å². The summed E-state index contributed by atoms with van der Waals surface area (Å²) in [6.45, 7) is 6.20. The number of halogens is 1. The number of carbonyl (C=O) groups excluding carboxylic acids is 1. The minimum absolute atomic E-state index is 0.128. The Morgan fingerprint density at radius 1 is 1.25 bits per heavy atom. The van der Waals surface area contributed by atoms with E-state index in [0.29, 0.717) is 17.3 Å². The van der Waals surface area contributed by atoms with Gasteiger partial charge in [0.25, 0.3) is 5.91 Å². The fourth-order valence-electron chi connectivity index (χ4n) is 1.87. The zero-order chi connectivity index (χ0) is 14.7. The Morgan fingerprint density at radius 2 is 1.90 bits per heavy atom. The molecule has 0 spiro atoms. The lowest BCUT2D eigenvalue weighted by molar-refractivity contribution is 0.102. The van der Waals surface area contributed by atoms with E-state index in [4.69, 9.17) is 0 Å². The van der Waals surface area contributed by atoms with Crippen molar-refractivity contribution < 1.29 is 4.79 Å². The van der Waals surface area contributed by atoms with Crippen molar-refractivity contribution in [3.05, 3.63) is 56.8 Å². The molecule has 1 aromatic heterocycles. The fraction of sp³-hybridized carbons (Fsp3) is 0.250. The third-order valence-corrected chi connectivity index (χ3v) is 3.71. The van der Waals surface area contributed by atoms with Crippen LogP contribution in [0.4, 0.5) is 5.82 Å². The van der Waals surface area contributed by atoms with E-state index in [0.717, 1.165) is 9.13 Å². The van der Waals surface area contributed by atoms with E-state index in [1.165, 1.54) is 5.56 Å². The number of benzene rings is 1. The van der Waals surface area contributed by atoms with Crippen molar-refractivity contribution in [2.45, 2.75) is 26.7 Å². The van der Waals surface area contributed by atoms with Crippen LogP contribution in [0, 0.1) is 10.5 Å². The molecule has 3 nitrogen and oxygen atoms in total. The summed E-state index contributed by atoms with van der Waals surface area (Å²) in [6, 6.07) is 9.69. The van der Waals surface area contributed by atoms with Gasteiger partial charge < -0.3 is 5.32 Å². The second kappa shape index (κ2) is 6.35. The minimum Gasteiger partial charge on any atom is -0.306 e. The lowest BCUT2D eigenvalue weighted by Gasteiger charge is -2.09. The smallest absolute Gasteiger partial charge is 0.256 e. The summed E-state index contributed by atoms with van der Waals surface area (Å²) >= 11 is 2.20. The van der Waals surface area contributed by atoms with Gasteiger partial charge in [-0.15, -0.1) is 0 Å². The van der Waals surface area contributed by atoms with Crippen molar-refractivity contribution in [1.29, 1.82) is 0 Å². The number of carbonyl (C=O) groups is 1. The van der Waals surface area contributed by atoms with Crippen molar-refractivity contribution in [2.24, 2.45) is 0 Å². The van der Waals surface area contributed by atoms with Crippen molar-refractivity contribution in [3.8, 4) is 0 Å². The number of rotatable bonds is 3. The van der Waals surface area contributed by atoms with Gasteiger partial charge in [0.05, 0.1) is 0 Å². The molecule has 20 heavy (non-hydrogen) atoms. The molecule has 104 valence electrons. The van der Waals surface area contributed by atoms with Gasteiger partial charge in [0.1, 0.15) is 5.82 Å². The fourth-order valence-corrected chi connectivity index (χ4v) is 2.48. The molecule has 0 saturated heterocycles. The van der Waals surface area contributed by atoms with Gasteiger partial charge in [0.15, 0.2) is 0 Å². The lowest BCUT2D eigenvalue weighted by atomic mass is 10.0. The highest BCUT2D eigenvalue weighted by atomic mass is 127. The number of hydrogen-bond acceptors (Lipinski definition) is 2. The molecule has 0 radical (unpaired) electrons. The average Bonchev–Trinajstić information content (AvgIpc) is 2.42. The van der Waals surface area contributed by atoms with Crippen LogP contribution in [0.2, 0.25) is 0 Å². The zero-order valence-corrected chi connectivity index (χ0v) is 13.9. The summed E-state index contributed by atoms with van der Waals surface area (Å²) in [5.41, 5.74) is 2.84. The molecule has 1 heterocycles. The van der Waals surface area contributed by atoms with Crippen LogP contribution >= 0.6 is 22.6 Å². The molecule has 0 aliphatic rings. The van der Waals surface area contributed by atoms with E-state index < -0.39 is 0 Å².